The van der Waals surface area contributed by atoms with Crippen molar-refractivity contribution in [2.45, 2.75) is 32.4 Å². The highest BCUT2D eigenvalue weighted by Gasteiger charge is 2.18. The third-order valence-corrected chi connectivity index (χ3v) is 5.06. The largest absolute Gasteiger partial charge is 0.478 e. The molecule has 0 saturated carbocycles. The predicted octanol–water partition coefficient (Wildman–Crippen LogP) is 2.86. The number of carboxylic acid groups (broad SMARTS) is 1. The van der Waals surface area contributed by atoms with Gasteiger partial charge in [-0.2, -0.15) is 5.10 Å². The lowest BCUT2D eigenvalue weighted by Gasteiger charge is -2.15. The average Bonchev–Trinajstić information content (AvgIpc) is 2.79. The molecule has 7 heteroatoms. The molecule has 0 spiro atoms. The Labute approximate surface area is 129 Å². The molecule has 0 saturated heterocycles. The topological polar surface area (TPSA) is 81.4 Å². The zero-order valence-corrected chi connectivity index (χ0v) is 14.0. The lowest BCUT2D eigenvalue weighted by Crippen LogP contribution is -2.22. The van der Waals surface area contributed by atoms with Gasteiger partial charge in [0, 0.05) is 20.1 Å². The minimum atomic E-state index is -1.17. The highest BCUT2D eigenvalue weighted by atomic mass is 28.3. The van der Waals surface area contributed by atoms with Crippen LogP contribution in [-0.2, 0) is 11.5 Å². The van der Waals surface area contributed by atoms with Gasteiger partial charge in [0.2, 0.25) is 0 Å². The Balaban J connectivity index is 2.26. The van der Waals surface area contributed by atoms with Gasteiger partial charge in [0.25, 0.3) is 0 Å². The Hall–Kier alpha value is -1.99. The molecule has 2 rings (SSSR count). The van der Waals surface area contributed by atoms with E-state index in [0.717, 1.165) is 6.04 Å². The van der Waals surface area contributed by atoms with Gasteiger partial charge in [-0.1, -0.05) is 25.7 Å². The van der Waals surface area contributed by atoms with E-state index in [0.29, 0.717) is 23.8 Å². The molecular formula is C15H20N2O4Si. The van der Waals surface area contributed by atoms with Crippen LogP contribution >= 0.6 is 0 Å². The smallest absolute Gasteiger partial charge is 0.336 e. The van der Waals surface area contributed by atoms with Gasteiger partial charge in [0.05, 0.1) is 11.1 Å². The molecule has 0 aliphatic carbocycles. The zero-order chi connectivity index (χ0) is 16.3. The van der Waals surface area contributed by atoms with Crippen molar-refractivity contribution in [3.05, 3.63) is 29.5 Å². The second-order valence-electron chi connectivity index (χ2n) is 6.36. The molecule has 1 N–H and O–H groups in total. The average molecular weight is 320 g/mol. The fourth-order valence-electron chi connectivity index (χ4n) is 2.13. The number of rotatable bonds is 7. The maximum absolute atomic E-state index is 11.4. The minimum absolute atomic E-state index is 0.0768. The maximum atomic E-state index is 11.4. The quantitative estimate of drug-likeness (QED) is 0.482. The van der Waals surface area contributed by atoms with Gasteiger partial charge in [0.15, 0.2) is 6.29 Å². The van der Waals surface area contributed by atoms with E-state index in [9.17, 15) is 14.7 Å². The second-order valence-corrected chi connectivity index (χ2v) is 12.0. The van der Waals surface area contributed by atoms with Crippen LogP contribution in [0.25, 0.3) is 10.9 Å². The van der Waals surface area contributed by atoms with Crippen molar-refractivity contribution in [2.24, 2.45) is 0 Å². The van der Waals surface area contributed by atoms with Crippen molar-refractivity contribution in [1.82, 2.24) is 9.78 Å². The van der Waals surface area contributed by atoms with E-state index in [-0.39, 0.29) is 18.0 Å². The van der Waals surface area contributed by atoms with Crippen molar-refractivity contribution in [3.8, 4) is 0 Å². The number of ether oxygens (including phenoxy) is 1. The monoisotopic (exact) mass is 320 g/mol. The molecule has 0 amide bonds. The highest BCUT2D eigenvalue weighted by molar-refractivity contribution is 6.76. The van der Waals surface area contributed by atoms with E-state index >= 15 is 0 Å². The third kappa shape index (κ3) is 3.61. The molecule has 2 aromatic rings. The van der Waals surface area contributed by atoms with E-state index in [1.54, 1.807) is 12.1 Å². The molecule has 1 heterocycles. The number of hydrogen-bond donors (Lipinski definition) is 1. The number of hydrogen-bond acceptors (Lipinski definition) is 4. The molecule has 0 atom stereocenters. The summed E-state index contributed by atoms with van der Waals surface area (Å²) in [6, 6.07) is 5.79. The lowest BCUT2D eigenvalue weighted by atomic mass is 10.1. The molecule has 0 fully saturated rings. The van der Waals surface area contributed by atoms with E-state index < -0.39 is 14.0 Å². The van der Waals surface area contributed by atoms with Gasteiger partial charge >= 0.3 is 5.97 Å². The fraction of sp³-hybridized carbons (Fsp3) is 0.400. The van der Waals surface area contributed by atoms with Crippen LogP contribution in [0.15, 0.2) is 18.2 Å². The van der Waals surface area contributed by atoms with E-state index in [1.165, 1.54) is 10.7 Å². The fourth-order valence-corrected chi connectivity index (χ4v) is 2.89. The first-order chi connectivity index (χ1) is 10.3. The highest BCUT2D eigenvalue weighted by Crippen LogP contribution is 2.22. The first-order valence-electron chi connectivity index (χ1n) is 7.09. The summed E-state index contributed by atoms with van der Waals surface area (Å²) in [5.41, 5.74) is 0.796. The predicted molar refractivity (Wildman–Crippen MR) is 86.2 cm³/mol. The summed E-state index contributed by atoms with van der Waals surface area (Å²) in [7, 11) is -1.17. The molecule has 0 unspecified atom stereocenters. The maximum Gasteiger partial charge on any atom is 0.336 e. The third-order valence-electron chi connectivity index (χ3n) is 3.36. The first-order valence-corrected chi connectivity index (χ1v) is 10.8. The van der Waals surface area contributed by atoms with Crippen LogP contribution in [0.1, 0.15) is 20.8 Å². The Bertz CT molecular complexity index is 703. The van der Waals surface area contributed by atoms with Gasteiger partial charge < -0.3 is 9.84 Å². The van der Waals surface area contributed by atoms with Crippen molar-refractivity contribution in [2.75, 3.05) is 6.61 Å². The number of fused-ring (bicyclic) bond motifs is 1. The van der Waals surface area contributed by atoms with Gasteiger partial charge in [0.1, 0.15) is 12.4 Å². The normalized spacial score (nSPS) is 11.8. The number of nitrogens with zero attached hydrogens (tertiary/aromatic N) is 2. The number of aldehydes is 1. The van der Waals surface area contributed by atoms with Crippen LogP contribution < -0.4 is 0 Å². The van der Waals surface area contributed by atoms with Crippen molar-refractivity contribution >= 4 is 31.2 Å². The Morgan fingerprint density at radius 2 is 2.14 bits per heavy atom. The summed E-state index contributed by atoms with van der Waals surface area (Å²) in [5.74, 6) is -1.08. The molecular weight excluding hydrogens is 300 g/mol. The zero-order valence-electron chi connectivity index (χ0n) is 13.0. The molecule has 0 aliphatic heterocycles. The molecule has 118 valence electrons. The van der Waals surface area contributed by atoms with Crippen molar-refractivity contribution in [3.63, 3.8) is 0 Å². The Kier molecular flexibility index (Phi) is 4.77. The first kappa shape index (κ1) is 16.4. The van der Waals surface area contributed by atoms with Crippen LogP contribution in [0, 0.1) is 0 Å². The van der Waals surface area contributed by atoms with Gasteiger partial charge in [-0.3, -0.25) is 4.79 Å². The summed E-state index contributed by atoms with van der Waals surface area (Å²) in [5, 5.41) is 13.9. The van der Waals surface area contributed by atoms with Crippen molar-refractivity contribution < 1.29 is 19.4 Å². The molecule has 6 nitrogen and oxygen atoms in total. The number of carbonyl (C=O) groups is 2. The van der Waals surface area contributed by atoms with Crippen LogP contribution in [0.3, 0.4) is 0 Å². The van der Waals surface area contributed by atoms with Crippen LogP contribution in [0.4, 0.5) is 0 Å². The summed E-state index contributed by atoms with van der Waals surface area (Å²) >= 11 is 0. The second kappa shape index (κ2) is 6.41. The van der Waals surface area contributed by atoms with Crippen LogP contribution in [0.2, 0.25) is 25.7 Å². The Morgan fingerprint density at radius 1 is 1.41 bits per heavy atom. The van der Waals surface area contributed by atoms with Crippen LogP contribution in [-0.4, -0.2) is 41.8 Å². The van der Waals surface area contributed by atoms with Gasteiger partial charge in [-0.25, -0.2) is 9.48 Å². The molecule has 0 bridgehead atoms. The number of carbonyl (C=O) groups excluding carboxylic acids is 1. The van der Waals surface area contributed by atoms with E-state index in [4.69, 9.17) is 4.74 Å². The lowest BCUT2D eigenvalue weighted by molar-refractivity contribution is 0.0698. The molecule has 1 aromatic carbocycles. The number of aromatic carboxylic acids is 1. The molecule has 0 aliphatic rings. The van der Waals surface area contributed by atoms with E-state index in [1.807, 2.05) is 0 Å². The summed E-state index contributed by atoms with van der Waals surface area (Å²) in [4.78, 5) is 22.7. The number of carboxylic acids is 1. The van der Waals surface area contributed by atoms with Gasteiger partial charge in [-0.15, -0.1) is 0 Å². The standard InChI is InChI=1S/C15H20N2O4Si/c1-22(2,3)8-7-21-10-17-13(9-18)14-11(15(19)20)5-4-6-12(14)16-17/h4-6,9H,7-8,10H2,1-3H3,(H,19,20). The summed E-state index contributed by atoms with van der Waals surface area (Å²) in [6.07, 6.45) is 0.629. The van der Waals surface area contributed by atoms with Crippen molar-refractivity contribution in [1.29, 1.82) is 0 Å². The van der Waals surface area contributed by atoms with Gasteiger partial charge in [-0.05, 0) is 18.2 Å². The Morgan fingerprint density at radius 3 is 2.73 bits per heavy atom. The van der Waals surface area contributed by atoms with Crippen LogP contribution in [0.5, 0.6) is 0 Å². The summed E-state index contributed by atoms with van der Waals surface area (Å²) in [6.45, 7) is 7.53. The van der Waals surface area contributed by atoms with E-state index in [2.05, 4.69) is 24.7 Å². The molecule has 1 aromatic heterocycles. The molecule has 22 heavy (non-hydrogen) atoms. The molecule has 0 radical (unpaired) electrons. The SMILES string of the molecule is C[Si](C)(C)CCOCn1nc2cccc(C(=O)O)c2c1C=O. The minimum Gasteiger partial charge on any atom is -0.478 e. The number of aromatic nitrogens is 2. The summed E-state index contributed by atoms with van der Waals surface area (Å²) < 4.78 is 7.02. The number of benzene rings is 1.